The molecule has 0 radical (unpaired) electrons. The van der Waals surface area contributed by atoms with Crippen molar-refractivity contribution in [1.29, 1.82) is 0 Å². The maximum absolute atomic E-state index is 12.5. The molecule has 1 heterocycles. The minimum Gasteiger partial charge on any atom is -0.508 e. The van der Waals surface area contributed by atoms with Gasteiger partial charge in [-0.3, -0.25) is 9.69 Å². The normalized spacial score (nSPS) is 16.8. The Bertz CT molecular complexity index is 742. The monoisotopic (exact) mass is 354 g/mol. The molecule has 5 heteroatoms. The number of ether oxygens (including phenoxy) is 1. The molecule has 0 bridgehead atoms. The SMILES string of the molecule is Cc1cccc(NC(=O)CN(Cc2ccccc2O)CC2CCCO2)c1. The summed E-state index contributed by atoms with van der Waals surface area (Å²) < 4.78 is 5.73. The number of hydrogen-bond donors (Lipinski definition) is 2. The van der Waals surface area contributed by atoms with E-state index >= 15 is 0 Å². The number of aromatic hydroxyl groups is 1. The van der Waals surface area contributed by atoms with Crippen molar-refractivity contribution in [3.8, 4) is 5.75 Å². The van der Waals surface area contributed by atoms with E-state index in [1.165, 1.54) is 0 Å². The van der Waals surface area contributed by atoms with Gasteiger partial charge >= 0.3 is 0 Å². The minimum absolute atomic E-state index is 0.0657. The molecule has 1 amide bonds. The molecule has 26 heavy (non-hydrogen) atoms. The van der Waals surface area contributed by atoms with E-state index in [9.17, 15) is 9.90 Å². The molecule has 2 N–H and O–H groups in total. The van der Waals surface area contributed by atoms with Crippen LogP contribution in [0.25, 0.3) is 0 Å². The molecular formula is C21H26N2O3. The first-order valence-electron chi connectivity index (χ1n) is 9.07. The van der Waals surface area contributed by atoms with Gasteiger partial charge in [-0.15, -0.1) is 0 Å². The van der Waals surface area contributed by atoms with Gasteiger partial charge in [0.2, 0.25) is 5.91 Å². The summed E-state index contributed by atoms with van der Waals surface area (Å²) in [4.78, 5) is 14.6. The number of nitrogens with zero attached hydrogens (tertiary/aromatic N) is 1. The number of para-hydroxylation sites is 1. The van der Waals surface area contributed by atoms with Crippen molar-refractivity contribution in [2.45, 2.75) is 32.4 Å². The van der Waals surface area contributed by atoms with Gasteiger partial charge in [0.05, 0.1) is 12.6 Å². The Morgan fingerprint density at radius 3 is 2.85 bits per heavy atom. The Kier molecular flexibility index (Phi) is 6.26. The highest BCUT2D eigenvalue weighted by Gasteiger charge is 2.21. The maximum atomic E-state index is 12.5. The molecule has 2 aromatic carbocycles. The van der Waals surface area contributed by atoms with Gasteiger partial charge in [-0.05, 0) is 43.5 Å². The van der Waals surface area contributed by atoms with Crippen LogP contribution in [0.15, 0.2) is 48.5 Å². The molecule has 138 valence electrons. The zero-order valence-corrected chi connectivity index (χ0v) is 15.1. The lowest BCUT2D eigenvalue weighted by molar-refractivity contribution is -0.117. The molecule has 0 aromatic heterocycles. The smallest absolute Gasteiger partial charge is 0.238 e. The second-order valence-corrected chi connectivity index (χ2v) is 6.85. The molecule has 1 fully saturated rings. The highest BCUT2D eigenvalue weighted by molar-refractivity contribution is 5.92. The highest BCUT2D eigenvalue weighted by atomic mass is 16.5. The van der Waals surface area contributed by atoms with Gasteiger partial charge < -0.3 is 15.2 Å². The summed E-state index contributed by atoms with van der Waals surface area (Å²) in [6, 6.07) is 15.0. The van der Waals surface area contributed by atoms with Crippen molar-refractivity contribution in [3.05, 3.63) is 59.7 Å². The average Bonchev–Trinajstić information content (AvgIpc) is 3.10. The molecule has 1 saturated heterocycles. The van der Waals surface area contributed by atoms with E-state index in [4.69, 9.17) is 4.74 Å². The molecule has 1 aliphatic rings. The molecule has 5 nitrogen and oxygen atoms in total. The van der Waals surface area contributed by atoms with Crippen molar-refractivity contribution < 1.29 is 14.6 Å². The summed E-state index contributed by atoms with van der Waals surface area (Å²) >= 11 is 0. The lowest BCUT2D eigenvalue weighted by atomic mass is 10.1. The Balaban J connectivity index is 1.65. The molecule has 0 aliphatic carbocycles. The number of nitrogens with one attached hydrogen (secondary N) is 1. The quantitative estimate of drug-likeness (QED) is 0.801. The van der Waals surface area contributed by atoms with Crippen LogP contribution < -0.4 is 5.32 Å². The van der Waals surface area contributed by atoms with E-state index in [0.29, 0.717) is 13.1 Å². The van der Waals surface area contributed by atoms with E-state index in [2.05, 4.69) is 5.32 Å². The number of amides is 1. The van der Waals surface area contributed by atoms with Crippen LogP contribution in [0.1, 0.15) is 24.0 Å². The third kappa shape index (κ3) is 5.31. The first kappa shape index (κ1) is 18.4. The Hall–Kier alpha value is -2.37. The number of phenols is 1. The van der Waals surface area contributed by atoms with Crippen LogP contribution in [0.3, 0.4) is 0 Å². The van der Waals surface area contributed by atoms with Crippen LogP contribution in [-0.2, 0) is 16.1 Å². The maximum Gasteiger partial charge on any atom is 0.238 e. The average molecular weight is 354 g/mol. The Labute approximate surface area is 154 Å². The first-order valence-corrected chi connectivity index (χ1v) is 9.07. The van der Waals surface area contributed by atoms with Crippen LogP contribution >= 0.6 is 0 Å². The molecule has 0 spiro atoms. The molecule has 3 rings (SSSR count). The summed E-state index contributed by atoms with van der Waals surface area (Å²) in [5.41, 5.74) is 2.72. The number of phenolic OH excluding ortho intramolecular Hbond substituents is 1. The third-order valence-electron chi connectivity index (χ3n) is 4.54. The Morgan fingerprint density at radius 1 is 1.27 bits per heavy atom. The highest BCUT2D eigenvalue weighted by Crippen LogP contribution is 2.20. The molecule has 1 aliphatic heterocycles. The second-order valence-electron chi connectivity index (χ2n) is 6.85. The summed E-state index contributed by atoms with van der Waals surface area (Å²) in [6.07, 6.45) is 2.22. The van der Waals surface area contributed by atoms with E-state index in [1.54, 1.807) is 12.1 Å². The predicted octanol–water partition coefficient (Wildman–Crippen LogP) is 3.32. The topological polar surface area (TPSA) is 61.8 Å². The predicted molar refractivity (Wildman–Crippen MR) is 102 cm³/mol. The number of anilines is 1. The van der Waals surface area contributed by atoms with Crippen molar-refractivity contribution in [3.63, 3.8) is 0 Å². The van der Waals surface area contributed by atoms with Gasteiger partial charge in [0, 0.05) is 30.9 Å². The fourth-order valence-electron chi connectivity index (χ4n) is 3.27. The minimum atomic E-state index is -0.0657. The van der Waals surface area contributed by atoms with Crippen LogP contribution in [0, 0.1) is 6.92 Å². The van der Waals surface area contributed by atoms with E-state index < -0.39 is 0 Å². The van der Waals surface area contributed by atoms with E-state index in [1.807, 2.05) is 48.2 Å². The van der Waals surface area contributed by atoms with Crippen LogP contribution in [0.2, 0.25) is 0 Å². The fourth-order valence-corrected chi connectivity index (χ4v) is 3.27. The van der Waals surface area contributed by atoms with Gasteiger partial charge in [0.25, 0.3) is 0 Å². The zero-order valence-electron chi connectivity index (χ0n) is 15.1. The van der Waals surface area contributed by atoms with Crippen molar-refractivity contribution in [1.82, 2.24) is 4.90 Å². The number of carbonyl (C=O) groups excluding carboxylic acids is 1. The first-order chi connectivity index (χ1) is 12.6. The summed E-state index contributed by atoms with van der Waals surface area (Å²) in [5.74, 6) is 0.188. The summed E-state index contributed by atoms with van der Waals surface area (Å²) in [5, 5.41) is 13.0. The van der Waals surface area contributed by atoms with Gasteiger partial charge in [-0.2, -0.15) is 0 Å². The third-order valence-corrected chi connectivity index (χ3v) is 4.54. The zero-order chi connectivity index (χ0) is 18.4. The van der Waals surface area contributed by atoms with Crippen LogP contribution in [-0.4, -0.2) is 41.7 Å². The van der Waals surface area contributed by atoms with Gasteiger partial charge in [0.15, 0.2) is 0 Å². The van der Waals surface area contributed by atoms with Crippen molar-refractivity contribution in [2.75, 3.05) is 25.0 Å². The van der Waals surface area contributed by atoms with E-state index in [0.717, 1.165) is 36.3 Å². The van der Waals surface area contributed by atoms with E-state index in [-0.39, 0.29) is 24.3 Å². The lowest BCUT2D eigenvalue weighted by Crippen LogP contribution is -2.38. The molecular weight excluding hydrogens is 328 g/mol. The molecule has 1 atom stereocenters. The second kappa shape index (κ2) is 8.83. The number of rotatable bonds is 7. The van der Waals surface area contributed by atoms with Gasteiger partial charge in [-0.25, -0.2) is 0 Å². The largest absolute Gasteiger partial charge is 0.508 e. The van der Waals surface area contributed by atoms with Crippen molar-refractivity contribution >= 4 is 11.6 Å². The molecule has 2 aromatic rings. The fraction of sp³-hybridized carbons (Fsp3) is 0.381. The van der Waals surface area contributed by atoms with Crippen LogP contribution in [0.4, 0.5) is 5.69 Å². The van der Waals surface area contributed by atoms with Crippen LogP contribution in [0.5, 0.6) is 5.75 Å². The summed E-state index contributed by atoms with van der Waals surface area (Å²) in [7, 11) is 0. The Morgan fingerprint density at radius 2 is 2.12 bits per heavy atom. The van der Waals surface area contributed by atoms with Gasteiger partial charge in [-0.1, -0.05) is 30.3 Å². The number of carbonyl (C=O) groups is 1. The number of hydrogen-bond acceptors (Lipinski definition) is 4. The standard InChI is InChI=1S/C21H26N2O3/c1-16-6-4-8-18(12-16)22-21(25)15-23(14-19-9-5-11-26-19)13-17-7-2-3-10-20(17)24/h2-4,6-8,10,12,19,24H,5,9,11,13-15H2,1H3,(H,22,25). The molecule has 0 saturated carbocycles. The lowest BCUT2D eigenvalue weighted by Gasteiger charge is -2.25. The molecule has 1 unspecified atom stereocenters. The number of benzene rings is 2. The number of aryl methyl sites for hydroxylation is 1. The summed E-state index contributed by atoms with van der Waals surface area (Å²) in [6.45, 7) is 4.22. The van der Waals surface area contributed by atoms with Crippen molar-refractivity contribution in [2.24, 2.45) is 0 Å². The van der Waals surface area contributed by atoms with Gasteiger partial charge in [0.1, 0.15) is 5.75 Å².